The number of hydrogen-bond donors (Lipinski definition) is 1. The summed E-state index contributed by atoms with van der Waals surface area (Å²) in [5.74, 6) is 0. The lowest BCUT2D eigenvalue weighted by Crippen LogP contribution is -1.90. The number of benzene rings is 2. The Labute approximate surface area is 134 Å². The Balaban J connectivity index is 2.31. The van der Waals surface area contributed by atoms with Crippen molar-refractivity contribution in [3.05, 3.63) is 54.3 Å². The van der Waals surface area contributed by atoms with Gasteiger partial charge in [-0.05, 0) is 78.1 Å². The Morgan fingerprint density at radius 3 is 2.00 bits per heavy atom. The molecule has 0 atom stereocenters. The van der Waals surface area contributed by atoms with Gasteiger partial charge < -0.3 is 5.32 Å². The third kappa shape index (κ3) is 3.56. The van der Waals surface area contributed by atoms with Gasteiger partial charge in [0.1, 0.15) is 0 Å². The molecule has 1 nitrogen and oxygen atoms in total. The van der Waals surface area contributed by atoms with E-state index in [0.29, 0.717) is 0 Å². The molecule has 0 aliphatic heterocycles. The van der Waals surface area contributed by atoms with E-state index >= 15 is 0 Å². The first-order valence-electron chi connectivity index (χ1n) is 4.73. The molecule has 0 spiro atoms. The summed E-state index contributed by atoms with van der Waals surface area (Å²) in [6.45, 7) is 0. The number of rotatable bonds is 2. The van der Waals surface area contributed by atoms with E-state index in [-0.39, 0.29) is 0 Å². The van der Waals surface area contributed by atoms with Gasteiger partial charge in [-0.1, -0.05) is 22.0 Å². The maximum absolute atomic E-state index is 3.50. The van der Waals surface area contributed by atoms with E-state index in [1.807, 2.05) is 36.4 Å². The molecule has 1 N–H and O–H groups in total. The molecular weight excluding hydrogens is 478 g/mol. The summed E-state index contributed by atoms with van der Waals surface area (Å²) >= 11 is 13.9. The Bertz CT molecular complexity index is 531. The van der Waals surface area contributed by atoms with E-state index in [0.717, 1.165) is 29.3 Å². The van der Waals surface area contributed by atoms with Crippen molar-refractivity contribution < 1.29 is 0 Å². The molecule has 2 rings (SSSR count). The molecule has 0 aliphatic rings. The Hall–Kier alpha value is 0.160. The third-order valence-corrected chi connectivity index (χ3v) is 5.76. The molecule has 0 unspecified atom stereocenters. The molecule has 17 heavy (non-hydrogen) atoms. The summed E-state index contributed by atoms with van der Waals surface area (Å²) in [6.07, 6.45) is 0. The highest BCUT2D eigenvalue weighted by atomic mass is 79.9. The summed E-state index contributed by atoms with van der Waals surface area (Å²) in [5, 5.41) is 3.34. The minimum absolute atomic E-state index is 1.00. The lowest BCUT2D eigenvalue weighted by Gasteiger charge is -2.09. The number of anilines is 2. The van der Waals surface area contributed by atoms with Gasteiger partial charge in [-0.3, -0.25) is 0 Å². The highest BCUT2D eigenvalue weighted by Gasteiger charge is 2.05. The second-order valence-electron chi connectivity index (χ2n) is 3.39. The first kappa shape index (κ1) is 13.6. The van der Waals surface area contributed by atoms with Crippen LogP contribution < -0.4 is 5.32 Å². The zero-order valence-corrected chi connectivity index (χ0v) is 14.8. The molecular formula is C12H7Br4N. The lowest BCUT2D eigenvalue weighted by molar-refractivity contribution is 1.48. The predicted molar refractivity (Wildman–Crippen MR) is 87.0 cm³/mol. The molecule has 0 fully saturated rings. The summed E-state index contributed by atoms with van der Waals surface area (Å²) in [7, 11) is 0. The average Bonchev–Trinajstić information content (AvgIpc) is 2.26. The van der Waals surface area contributed by atoms with E-state index in [2.05, 4.69) is 69.0 Å². The SMILES string of the molecule is Brc1cccc(Nc2cc(Br)c(Br)c(Br)c2)c1. The molecule has 2 aromatic rings. The van der Waals surface area contributed by atoms with Crippen LogP contribution in [0.1, 0.15) is 0 Å². The molecule has 5 heteroatoms. The van der Waals surface area contributed by atoms with Crippen LogP contribution in [0.4, 0.5) is 11.4 Å². The largest absolute Gasteiger partial charge is 0.355 e. The molecule has 0 radical (unpaired) electrons. The van der Waals surface area contributed by atoms with Crippen LogP contribution in [0.15, 0.2) is 54.3 Å². The maximum atomic E-state index is 3.50. The monoisotopic (exact) mass is 481 g/mol. The molecule has 0 aromatic heterocycles. The van der Waals surface area contributed by atoms with E-state index < -0.39 is 0 Å². The van der Waals surface area contributed by atoms with E-state index in [9.17, 15) is 0 Å². The molecule has 0 saturated heterocycles. The molecule has 0 aliphatic carbocycles. The summed E-state index contributed by atoms with van der Waals surface area (Å²) < 4.78 is 4.07. The minimum atomic E-state index is 1.00. The zero-order valence-electron chi connectivity index (χ0n) is 8.48. The van der Waals surface area contributed by atoms with Crippen molar-refractivity contribution in [3.63, 3.8) is 0 Å². The Morgan fingerprint density at radius 2 is 1.41 bits per heavy atom. The van der Waals surface area contributed by atoms with Gasteiger partial charge in [0.25, 0.3) is 0 Å². The fraction of sp³-hybridized carbons (Fsp3) is 0. The second kappa shape index (κ2) is 5.87. The fourth-order valence-electron chi connectivity index (χ4n) is 1.36. The number of nitrogens with one attached hydrogen (secondary N) is 1. The lowest BCUT2D eigenvalue weighted by atomic mass is 10.3. The molecule has 0 amide bonds. The fourth-order valence-corrected chi connectivity index (χ4v) is 3.18. The highest BCUT2D eigenvalue weighted by Crippen LogP contribution is 2.35. The summed E-state index contributed by atoms with van der Waals surface area (Å²) in [4.78, 5) is 0. The van der Waals surface area contributed by atoms with Crippen molar-refractivity contribution >= 4 is 75.1 Å². The van der Waals surface area contributed by atoms with Crippen LogP contribution >= 0.6 is 63.7 Å². The van der Waals surface area contributed by atoms with Gasteiger partial charge in [0, 0.05) is 29.3 Å². The van der Waals surface area contributed by atoms with Gasteiger partial charge in [0.2, 0.25) is 0 Å². The van der Waals surface area contributed by atoms with Crippen LogP contribution in [0.5, 0.6) is 0 Å². The smallest absolute Gasteiger partial charge is 0.0461 e. The predicted octanol–water partition coefficient (Wildman–Crippen LogP) is 6.48. The third-order valence-electron chi connectivity index (χ3n) is 2.10. The topological polar surface area (TPSA) is 12.0 Å². The van der Waals surface area contributed by atoms with Gasteiger partial charge in [-0.25, -0.2) is 0 Å². The van der Waals surface area contributed by atoms with Crippen molar-refractivity contribution in [1.29, 1.82) is 0 Å². The number of hydrogen-bond acceptors (Lipinski definition) is 1. The van der Waals surface area contributed by atoms with Gasteiger partial charge in [0.05, 0.1) is 0 Å². The first-order chi connectivity index (χ1) is 8.06. The van der Waals surface area contributed by atoms with Crippen molar-refractivity contribution in [2.75, 3.05) is 5.32 Å². The van der Waals surface area contributed by atoms with Gasteiger partial charge >= 0.3 is 0 Å². The summed E-state index contributed by atoms with van der Waals surface area (Å²) in [5.41, 5.74) is 2.06. The van der Waals surface area contributed by atoms with Crippen molar-refractivity contribution in [3.8, 4) is 0 Å². The second-order valence-corrected chi connectivity index (χ2v) is 6.81. The normalized spacial score (nSPS) is 10.4. The van der Waals surface area contributed by atoms with Crippen molar-refractivity contribution in [2.45, 2.75) is 0 Å². The molecule has 0 heterocycles. The average molecular weight is 485 g/mol. The van der Waals surface area contributed by atoms with E-state index in [4.69, 9.17) is 0 Å². The van der Waals surface area contributed by atoms with E-state index in [1.165, 1.54) is 0 Å². The zero-order chi connectivity index (χ0) is 12.4. The standard InChI is InChI=1S/C12H7Br4N/c13-7-2-1-3-8(4-7)17-9-5-10(14)12(16)11(15)6-9/h1-6,17H. The Morgan fingerprint density at radius 1 is 0.765 bits per heavy atom. The highest BCUT2D eigenvalue weighted by molar-refractivity contribution is 9.14. The van der Waals surface area contributed by atoms with Crippen LogP contribution in [-0.4, -0.2) is 0 Å². The number of halogens is 4. The van der Waals surface area contributed by atoms with Crippen LogP contribution in [-0.2, 0) is 0 Å². The molecule has 88 valence electrons. The molecule has 0 bridgehead atoms. The minimum Gasteiger partial charge on any atom is -0.355 e. The first-order valence-corrected chi connectivity index (χ1v) is 7.90. The van der Waals surface area contributed by atoms with Gasteiger partial charge in [-0.2, -0.15) is 0 Å². The molecule has 0 saturated carbocycles. The van der Waals surface area contributed by atoms with Gasteiger partial charge in [-0.15, -0.1) is 0 Å². The van der Waals surface area contributed by atoms with Crippen LogP contribution in [0.3, 0.4) is 0 Å². The van der Waals surface area contributed by atoms with Crippen LogP contribution in [0, 0.1) is 0 Å². The quantitative estimate of drug-likeness (QED) is 0.481. The van der Waals surface area contributed by atoms with Crippen LogP contribution in [0.2, 0.25) is 0 Å². The Kier molecular flexibility index (Phi) is 4.69. The van der Waals surface area contributed by atoms with Gasteiger partial charge in [0.15, 0.2) is 0 Å². The van der Waals surface area contributed by atoms with Crippen molar-refractivity contribution in [1.82, 2.24) is 0 Å². The summed E-state index contributed by atoms with van der Waals surface area (Å²) in [6, 6.07) is 12.1. The maximum Gasteiger partial charge on any atom is 0.0461 e. The van der Waals surface area contributed by atoms with Crippen molar-refractivity contribution in [2.24, 2.45) is 0 Å². The molecule has 2 aromatic carbocycles. The van der Waals surface area contributed by atoms with E-state index in [1.54, 1.807) is 0 Å². The van der Waals surface area contributed by atoms with Crippen LogP contribution in [0.25, 0.3) is 0 Å².